The molecule has 0 saturated heterocycles. The first-order chi connectivity index (χ1) is 9.82. The third-order valence-electron chi connectivity index (χ3n) is 2.99. The Hall–Kier alpha value is -1.99. The predicted octanol–water partition coefficient (Wildman–Crippen LogP) is 2.09. The first-order valence-corrected chi connectivity index (χ1v) is 7.85. The molecule has 0 amide bonds. The second kappa shape index (κ2) is 5.79. The third kappa shape index (κ3) is 3.20. The average molecular weight is 306 g/mol. The molecule has 2 rings (SSSR count). The minimum Gasteiger partial charge on any atom is -0.339 e. The van der Waals surface area contributed by atoms with Crippen LogP contribution in [0.1, 0.15) is 11.4 Å². The van der Waals surface area contributed by atoms with Crippen LogP contribution in [0.4, 0.5) is 11.5 Å². The van der Waals surface area contributed by atoms with Crippen molar-refractivity contribution in [2.24, 2.45) is 0 Å². The summed E-state index contributed by atoms with van der Waals surface area (Å²) in [6.45, 7) is 3.65. The van der Waals surface area contributed by atoms with E-state index in [9.17, 15) is 8.42 Å². The summed E-state index contributed by atoms with van der Waals surface area (Å²) in [6, 6.07) is 6.76. The van der Waals surface area contributed by atoms with Gasteiger partial charge in [0.2, 0.25) is 10.0 Å². The van der Waals surface area contributed by atoms with Crippen LogP contribution in [0.25, 0.3) is 0 Å². The molecule has 2 aromatic rings. The number of hydrogen-bond donors (Lipinski definition) is 1. The summed E-state index contributed by atoms with van der Waals surface area (Å²) in [5, 5.41) is 3.09. The van der Waals surface area contributed by atoms with Gasteiger partial charge in [0, 0.05) is 25.9 Å². The number of nitrogens with zero attached hydrogens (tertiary/aromatic N) is 3. The van der Waals surface area contributed by atoms with Crippen LogP contribution in [-0.4, -0.2) is 36.8 Å². The van der Waals surface area contributed by atoms with Crippen LogP contribution in [0.5, 0.6) is 0 Å². The molecule has 0 spiro atoms. The Morgan fingerprint density at radius 1 is 1.14 bits per heavy atom. The Balaban J connectivity index is 2.49. The maximum atomic E-state index is 12.3. The minimum atomic E-state index is -3.52. The molecular weight excluding hydrogens is 288 g/mol. The quantitative estimate of drug-likeness (QED) is 0.936. The maximum absolute atomic E-state index is 12.3. The number of aryl methyl sites for hydroxylation is 2. The van der Waals surface area contributed by atoms with Gasteiger partial charge in [0.15, 0.2) is 0 Å². The molecule has 1 heterocycles. The molecule has 1 N–H and O–H groups in total. The molecule has 6 nitrogen and oxygen atoms in total. The van der Waals surface area contributed by atoms with E-state index < -0.39 is 10.0 Å². The van der Waals surface area contributed by atoms with E-state index in [0.717, 1.165) is 5.56 Å². The van der Waals surface area contributed by atoms with Gasteiger partial charge in [-0.25, -0.2) is 22.7 Å². The van der Waals surface area contributed by atoms with Crippen molar-refractivity contribution < 1.29 is 8.42 Å². The van der Waals surface area contributed by atoms with Crippen LogP contribution in [0.15, 0.2) is 35.4 Å². The fourth-order valence-corrected chi connectivity index (χ4v) is 2.82. The van der Waals surface area contributed by atoms with Crippen molar-refractivity contribution in [3.63, 3.8) is 0 Å². The number of nitrogens with one attached hydrogen (secondary N) is 1. The predicted molar refractivity (Wildman–Crippen MR) is 82.1 cm³/mol. The summed E-state index contributed by atoms with van der Waals surface area (Å²) >= 11 is 0. The average Bonchev–Trinajstić information content (AvgIpc) is 2.43. The highest BCUT2D eigenvalue weighted by molar-refractivity contribution is 7.89. The Kier molecular flexibility index (Phi) is 4.24. The number of aromatic nitrogens is 2. The summed E-state index contributed by atoms with van der Waals surface area (Å²) < 4.78 is 25.9. The molecule has 1 aromatic heterocycles. The van der Waals surface area contributed by atoms with Gasteiger partial charge in [-0.2, -0.15) is 0 Å². The molecule has 0 aliphatic carbocycles. The number of para-hydroxylation sites is 1. The van der Waals surface area contributed by atoms with Crippen LogP contribution in [0.3, 0.4) is 0 Å². The van der Waals surface area contributed by atoms with Gasteiger partial charge < -0.3 is 5.32 Å². The fourth-order valence-electron chi connectivity index (χ4n) is 1.78. The van der Waals surface area contributed by atoms with Crippen LogP contribution < -0.4 is 5.32 Å². The Morgan fingerprint density at radius 2 is 1.81 bits per heavy atom. The number of sulfonamides is 1. The molecule has 0 saturated carbocycles. The van der Waals surface area contributed by atoms with Gasteiger partial charge >= 0.3 is 0 Å². The minimum absolute atomic E-state index is 0.214. The Labute approximate surface area is 124 Å². The lowest BCUT2D eigenvalue weighted by atomic mass is 10.3. The molecule has 0 aliphatic heterocycles. The van der Waals surface area contributed by atoms with E-state index in [1.165, 1.54) is 18.4 Å². The summed E-state index contributed by atoms with van der Waals surface area (Å²) in [5.41, 5.74) is 1.34. The lowest BCUT2D eigenvalue weighted by Gasteiger charge is -2.16. The van der Waals surface area contributed by atoms with Gasteiger partial charge in [0.05, 0.1) is 5.69 Å². The first-order valence-electron chi connectivity index (χ1n) is 6.41. The Bertz CT molecular complexity index is 757. The van der Waals surface area contributed by atoms with Crippen molar-refractivity contribution in [3.8, 4) is 0 Å². The number of rotatable bonds is 4. The smallest absolute Gasteiger partial charge is 0.244 e. The zero-order valence-electron chi connectivity index (χ0n) is 12.5. The van der Waals surface area contributed by atoms with Gasteiger partial charge in [0.25, 0.3) is 0 Å². The van der Waals surface area contributed by atoms with E-state index in [1.54, 1.807) is 37.4 Å². The van der Waals surface area contributed by atoms with E-state index >= 15 is 0 Å². The summed E-state index contributed by atoms with van der Waals surface area (Å²) in [5.74, 6) is 1.22. The molecule has 7 heteroatoms. The van der Waals surface area contributed by atoms with Crippen molar-refractivity contribution in [3.05, 3.63) is 41.9 Å². The van der Waals surface area contributed by atoms with Crippen molar-refractivity contribution in [1.82, 2.24) is 14.3 Å². The first kappa shape index (κ1) is 15.4. The normalized spacial score (nSPS) is 11.7. The molecule has 0 fully saturated rings. The third-order valence-corrected chi connectivity index (χ3v) is 4.86. The van der Waals surface area contributed by atoms with Crippen molar-refractivity contribution in [2.75, 3.05) is 19.4 Å². The number of benzene rings is 1. The van der Waals surface area contributed by atoms with Crippen LogP contribution >= 0.6 is 0 Å². The zero-order valence-corrected chi connectivity index (χ0v) is 13.3. The molecular formula is C14H18N4O2S. The van der Waals surface area contributed by atoms with Crippen molar-refractivity contribution >= 4 is 21.5 Å². The maximum Gasteiger partial charge on any atom is 0.244 e. The molecule has 0 atom stereocenters. The van der Waals surface area contributed by atoms with E-state index in [0.29, 0.717) is 17.3 Å². The van der Waals surface area contributed by atoms with Crippen molar-refractivity contribution in [1.29, 1.82) is 0 Å². The SMILES string of the molecule is Cc1ncc(C)c(Nc2ccccc2S(=O)(=O)N(C)C)n1. The Morgan fingerprint density at radius 3 is 2.48 bits per heavy atom. The van der Waals surface area contributed by atoms with Crippen LogP contribution in [0.2, 0.25) is 0 Å². The molecule has 21 heavy (non-hydrogen) atoms. The van der Waals surface area contributed by atoms with E-state index in [-0.39, 0.29) is 4.90 Å². The lowest BCUT2D eigenvalue weighted by Crippen LogP contribution is -2.23. The van der Waals surface area contributed by atoms with E-state index in [2.05, 4.69) is 15.3 Å². The van der Waals surface area contributed by atoms with Gasteiger partial charge in [0.1, 0.15) is 16.5 Å². The van der Waals surface area contributed by atoms with Crippen molar-refractivity contribution in [2.45, 2.75) is 18.7 Å². The molecule has 1 aromatic carbocycles. The zero-order chi connectivity index (χ0) is 15.6. The largest absolute Gasteiger partial charge is 0.339 e. The highest BCUT2D eigenvalue weighted by atomic mass is 32.2. The molecule has 0 radical (unpaired) electrons. The second-order valence-electron chi connectivity index (χ2n) is 4.86. The highest BCUT2D eigenvalue weighted by Crippen LogP contribution is 2.26. The molecule has 0 aliphatic rings. The van der Waals surface area contributed by atoms with Gasteiger partial charge in [-0.15, -0.1) is 0 Å². The fraction of sp³-hybridized carbons (Fsp3) is 0.286. The van der Waals surface area contributed by atoms with Gasteiger partial charge in [-0.05, 0) is 26.0 Å². The summed E-state index contributed by atoms with van der Waals surface area (Å²) in [7, 11) is -0.511. The van der Waals surface area contributed by atoms with Crippen LogP contribution in [-0.2, 0) is 10.0 Å². The second-order valence-corrected chi connectivity index (χ2v) is 6.98. The van der Waals surface area contributed by atoms with Crippen LogP contribution in [0, 0.1) is 13.8 Å². The monoisotopic (exact) mass is 306 g/mol. The highest BCUT2D eigenvalue weighted by Gasteiger charge is 2.21. The van der Waals surface area contributed by atoms with Gasteiger partial charge in [-0.3, -0.25) is 0 Å². The summed E-state index contributed by atoms with van der Waals surface area (Å²) in [6.07, 6.45) is 1.70. The number of hydrogen-bond acceptors (Lipinski definition) is 5. The van der Waals surface area contributed by atoms with E-state index in [1.807, 2.05) is 6.92 Å². The molecule has 0 unspecified atom stereocenters. The molecule has 0 bridgehead atoms. The summed E-state index contributed by atoms with van der Waals surface area (Å²) in [4.78, 5) is 8.62. The van der Waals surface area contributed by atoms with E-state index in [4.69, 9.17) is 0 Å². The lowest BCUT2D eigenvalue weighted by molar-refractivity contribution is 0.521. The topological polar surface area (TPSA) is 75.2 Å². The number of anilines is 2. The van der Waals surface area contributed by atoms with Gasteiger partial charge in [-0.1, -0.05) is 12.1 Å². The molecule has 112 valence electrons. The standard InChI is InChI=1S/C14H18N4O2S/c1-10-9-15-11(2)16-14(10)17-12-7-5-6-8-13(12)21(19,20)18(3)4/h5-9H,1-4H3,(H,15,16,17).